The lowest BCUT2D eigenvalue weighted by molar-refractivity contribution is -0.121. The molecule has 0 saturated heterocycles. The molecule has 0 bridgehead atoms. The molecule has 3 rings (SSSR count). The number of benzene rings is 2. The highest BCUT2D eigenvalue weighted by Gasteiger charge is 2.24. The molecule has 0 aliphatic heterocycles. The Morgan fingerprint density at radius 1 is 1.03 bits per heavy atom. The Balaban J connectivity index is 1.47. The van der Waals surface area contributed by atoms with E-state index in [0.29, 0.717) is 22.9 Å². The van der Waals surface area contributed by atoms with Crippen LogP contribution in [0.4, 0.5) is 0 Å². The summed E-state index contributed by atoms with van der Waals surface area (Å²) < 4.78 is 31.4. The van der Waals surface area contributed by atoms with Crippen molar-refractivity contribution < 1.29 is 22.7 Å². The lowest BCUT2D eigenvalue weighted by Gasteiger charge is -2.16. The number of hydrogen-bond donors (Lipinski definition) is 2. The summed E-state index contributed by atoms with van der Waals surface area (Å²) in [5.74, 6) is -0.536. The number of carbonyl (C=O) groups is 2. The van der Waals surface area contributed by atoms with Gasteiger partial charge in [-0.15, -0.1) is 11.3 Å². The minimum absolute atomic E-state index is 0.136. The number of nitrogens with one attached hydrogen (secondary N) is 2. The van der Waals surface area contributed by atoms with Crippen molar-refractivity contribution in [2.24, 2.45) is 0 Å². The van der Waals surface area contributed by atoms with E-state index in [4.69, 9.17) is 16.3 Å². The van der Waals surface area contributed by atoms with Crippen molar-refractivity contribution in [1.82, 2.24) is 15.2 Å². The minimum Gasteiger partial charge on any atom is -0.489 e. The minimum atomic E-state index is -3.75. The van der Waals surface area contributed by atoms with Crippen LogP contribution in [0.3, 0.4) is 0 Å². The molecule has 11 heteroatoms. The molecule has 0 aliphatic carbocycles. The molecule has 0 aliphatic rings. The van der Waals surface area contributed by atoms with Gasteiger partial charge in [-0.3, -0.25) is 20.4 Å². The predicted octanol–water partition coefficient (Wildman–Crippen LogP) is 3.06. The van der Waals surface area contributed by atoms with Gasteiger partial charge in [0.2, 0.25) is 0 Å². The highest BCUT2D eigenvalue weighted by Crippen LogP contribution is 2.19. The van der Waals surface area contributed by atoms with Gasteiger partial charge in [0.15, 0.2) is 0 Å². The van der Waals surface area contributed by atoms with Gasteiger partial charge >= 0.3 is 0 Å². The maximum absolute atomic E-state index is 12.3. The van der Waals surface area contributed by atoms with Gasteiger partial charge in [-0.1, -0.05) is 29.8 Å². The Hall–Kier alpha value is -2.92. The number of halogens is 1. The molecule has 8 nitrogen and oxygen atoms in total. The highest BCUT2D eigenvalue weighted by atomic mass is 35.5. The van der Waals surface area contributed by atoms with Crippen LogP contribution in [0, 0.1) is 0 Å². The van der Waals surface area contributed by atoms with Crippen LogP contribution < -0.4 is 15.6 Å². The Bertz CT molecular complexity index is 1170. The van der Waals surface area contributed by atoms with E-state index in [2.05, 4.69) is 10.9 Å². The van der Waals surface area contributed by atoms with Crippen LogP contribution in [0.2, 0.25) is 5.02 Å². The van der Waals surface area contributed by atoms with E-state index >= 15 is 0 Å². The quantitative estimate of drug-likeness (QED) is 0.469. The standard InChI is InChI=1S/C21H20ClN3O5S2/c1-25(32(28,29)20-3-2-12-31-20)13-19(26)23-24-21(27)16-6-4-15(5-7-16)14-30-18-10-8-17(22)9-11-18/h2-12H,13-14H2,1H3,(H,23,26)(H,24,27). The van der Waals surface area contributed by atoms with Crippen molar-refractivity contribution in [2.75, 3.05) is 13.6 Å². The summed E-state index contributed by atoms with van der Waals surface area (Å²) in [4.78, 5) is 24.3. The first kappa shape index (κ1) is 23.7. The maximum Gasteiger partial charge on any atom is 0.269 e. The number of ether oxygens (including phenoxy) is 1. The number of hydrazine groups is 1. The van der Waals surface area contributed by atoms with E-state index in [0.717, 1.165) is 21.2 Å². The van der Waals surface area contributed by atoms with Crippen molar-refractivity contribution in [2.45, 2.75) is 10.8 Å². The lowest BCUT2D eigenvalue weighted by atomic mass is 10.1. The number of likely N-dealkylation sites (N-methyl/N-ethyl adjacent to an activating group) is 1. The Kier molecular flexibility index (Phi) is 7.86. The van der Waals surface area contributed by atoms with Crippen LogP contribution in [-0.2, 0) is 21.4 Å². The average molecular weight is 494 g/mol. The molecule has 1 heterocycles. The molecule has 0 spiro atoms. The molecule has 0 atom stereocenters. The molecule has 0 fully saturated rings. The normalized spacial score (nSPS) is 11.2. The monoisotopic (exact) mass is 493 g/mol. The number of thiophene rings is 1. The molecule has 2 amide bonds. The summed E-state index contributed by atoms with van der Waals surface area (Å²) in [5.41, 5.74) is 5.66. The average Bonchev–Trinajstić information content (AvgIpc) is 3.33. The number of amides is 2. The van der Waals surface area contributed by atoms with Crippen LogP contribution in [0.25, 0.3) is 0 Å². The zero-order valence-electron chi connectivity index (χ0n) is 16.9. The first-order valence-electron chi connectivity index (χ1n) is 9.32. The van der Waals surface area contributed by atoms with Crippen LogP contribution in [0.1, 0.15) is 15.9 Å². The summed E-state index contributed by atoms with van der Waals surface area (Å²) in [6, 6.07) is 16.7. The van der Waals surface area contributed by atoms with E-state index in [-0.39, 0.29) is 4.21 Å². The van der Waals surface area contributed by atoms with Gasteiger partial charge in [0.05, 0.1) is 6.54 Å². The topological polar surface area (TPSA) is 105 Å². The second-order valence-corrected chi connectivity index (χ2v) is 10.3. The molecule has 168 valence electrons. The largest absolute Gasteiger partial charge is 0.489 e. The second kappa shape index (κ2) is 10.6. The fourth-order valence-electron chi connectivity index (χ4n) is 2.54. The smallest absolute Gasteiger partial charge is 0.269 e. The number of hydrogen-bond acceptors (Lipinski definition) is 6. The number of nitrogens with zero attached hydrogens (tertiary/aromatic N) is 1. The van der Waals surface area contributed by atoms with Crippen molar-refractivity contribution in [3.8, 4) is 5.75 Å². The summed E-state index contributed by atoms with van der Waals surface area (Å²) in [6.07, 6.45) is 0. The van der Waals surface area contributed by atoms with Crippen molar-refractivity contribution in [3.05, 3.63) is 82.2 Å². The van der Waals surface area contributed by atoms with Crippen molar-refractivity contribution >= 4 is 44.8 Å². The van der Waals surface area contributed by atoms with Gasteiger partial charge in [0.1, 0.15) is 16.6 Å². The van der Waals surface area contributed by atoms with E-state index in [9.17, 15) is 18.0 Å². The van der Waals surface area contributed by atoms with Crippen LogP contribution in [-0.4, -0.2) is 38.1 Å². The Morgan fingerprint density at radius 3 is 2.34 bits per heavy atom. The molecule has 0 radical (unpaired) electrons. The van der Waals surface area contributed by atoms with Crippen molar-refractivity contribution in [3.63, 3.8) is 0 Å². The van der Waals surface area contributed by atoms with Gasteiger partial charge < -0.3 is 4.74 Å². The van der Waals surface area contributed by atoms with E-state index in [1.807, 2.05) is 0 Å². The van der Waals surface area contributed by atoms with Crippen LogP contribution in [0.15, 0.2) is 70.3 Å². The fraction of sp³-hybridized carbons (Fsp3) is 0.143. The van der Waals surface area contributed by atoms with Gasteiger partial charge in [-0.2, -0.15) is 4.31 Å². The number of rotatable bonds is 8. The molecular formula is C21H20ClN3O5S2. The third-order valence-corrected chi connectivity index (χ3v) is 7.71. The molecule has 32 heavy (non-hydrogen) atoms. The molecule has 0 unspecified atom stereocenters. The van der Waals surface area contributed by atoms with Gasteiger partial charge in [-0.25, -0.2) is 8.42 Å². The van der Waals surface area contributed by atoms with Gasteiger partial charge in [0.25, 0.3) is 21.8 Å². The van der Waals surface area contributed by atoms with E-state index in [1.165, 1.54) is 13.1 Å². The Morgan fingerprint density at radius 2 is 1.72 bits per heavy atom. The predicted molar refractivity (Wildman–Crippen MR) is 122 cm³/mol. The number of sulfonamides is 1. The first-order valence-corrected chi connectivity index (χ1v) is 12.0. The number of carbonyl (C=O) groups excluding carboxylic acids is 2. The summed E-state index contributed by atoms with van der Waals surface area (Å²) >= 11 is 6.90. The maximum atomic E-state index is 12.3. The molecule has 2 aromatic carbocycles. The Labute approximate surface area is 194 Å². The van der Waals surface area contributed by atoms with Gasteiger partial charge in [-0.05, 0) is 53.4 Å². The third kappa shape index (κ3) is 6.30. The van der Waals surface area contributed by atoms with Crippen molar-refractivity contribution in [1.29, 1.82) is 0 Å². The first-order chi connectivity index (χ1) is 15.3. The van der Waals surface area contributed by atoms with Crippen LogP contribution in [0.5, 0.6) is 5.75 Å². The molecule has 1 aromatic heterocycles. The zero-order valence-corrected chi connectivity index (χ0v) is 19.3. The van der Waals surface area contributed by atoms with E-state index in [1.54, 1.807) is 60.0 Å². The lowest BCUT2D eigenvalue weighted by Crippen LogP contribution is -2.46. The van der Waals surface area contributed by atoms with E-state index < -0.39 is 28.4 Å². The summed E-state index contributed by atoms with van der Waals surface area (Å²) in [5, 5.41) is 2.26. The zero-order chi connectivity index (χ0) is 23.1. The summed E-state index contributed by atoms with van der Waals surface area (Å²) in [6.45, 7) is -0.132. The second-order valence-electron chi connectivity index (χ2n) is 6.63. The van der Waals surface area contributed by atoms with Gasteiger partial charge in [0, 0.05) is 17.6 Å². The molecule has 3 aromatic rings. The fourth-order valence-corrected chi connectivity index (χ4v) is 4.99. The third-order valence-electron chi connectivity index (χ3n) is 4.28. The molecule has 2 N–H and O–H groups in total. The summed E-state index contributed by atoms with van der Waals surface area (Å²) in [7, 11) is -2.46. The SMILES string of the molecule is CN(CC(=O)NNC(=O)c1ccc(COc2ccc(Cl)cc2)cc1)S(=O)(=O)c1cccs1. The van der Waals surface area contributed by atoms with Crippen LogP contribution >= 0.6 is 22.9 Å². The highest BCUT2D eigenvalue weighted by molar-refractivity contribution is 7.91. The molecule has 0 saturated carbocycles. The molecular weight excluding hydrogens is 474 g/mol.